The van der Waals surface area contributed by atoms with Gasteiger partial charge in [-0.2, -0.15) is 0 Å². The molecular weight excluding hydrogens is 316 g/mol. The number of sulfonamides is 1. The minimum atomic E-state index is -3.26. The number of ether oxygens (including phenoxy) is 1. The van der Waals surface area contributed by atoms with Crippen molar-refractivity contribution in [3.8, 4) is 0 Å². The molecule has 0 radical (unpaired) electrons. The number of amides is 1. The van der Waals surface area contributed by atoms with Crippen LogP contribution in [-0.2, 0) is 21.2 Å². The van der Waals surface area contributed by atoms with Crippen molar-refractivity contribution in [2.75, 3.05) is 23.7 Å². The maximum atomic E-state index is 12.4. The Hall–Kier alpha value is -1.60. The van der Waals surface area contributed by atoms with Crippen molar-refractivity contribution < 1.29 is 17.9 Å². The van der Waals surface area contributed by atoms with Gasteiger partial charge >= 0.3 is 0 Å². The summed E-state index contributed by atoms with van der Waals surface area (Å²) in [5, 5.41) is 2.97. The summed E-state index contributed by atoms with van der Waals surface area (Å²) in [5.74, 6) is -0.145. The maximum absolute atomic E-state index is 12.4. The van der Waals surface area contributed by atoms with Gasteiger partial charge in [-0.05, 0) is 49.9 Å². The van der Waals surface area contributed by atoms with Crippen LogP contribution in [0.1, 0.15) is 35.7 Å². The summed E-state index contributed by atoms with van der Waals surface area (Å²) in [7, 11) is -3.26. The van der Waals surface area contributed by atoms with E-state index in [0.717, 1.165) is 25.0 Å². The normalized spacial score (nSPS) is 22.0. The van der Waals surface area contributed by atoms with Crippen molar-refractivity contribution in [3.05, 3.63) is 29.3 Å². The lowest BCUT2D eigenvalue weighted by atomic mass is 10.1. The molecule has 0 saturated carbocycles. The second-order valence-corrected chi connectivity index (χ2v) is 8.15. The highest BCUT2D eigenvalue weighted by molar-refractivity contribution is 7.92. The Kier molecular flexibility index (Phi) is 4.33. The second kappa shape index (κ2) is 6.13. The van der Waals surface area contributed by atoms with E-state index in [-0.39, 0.29) is 18.1 Å². The molecule has 0 bridgehead atoms. The Morgan fingerprint density at radius 2 is 2.22 bits per heavy atom. The first-order valence-electron chi connectivity index (χ1n) is 7.89. The predicted octanol–water partition coefficient (Wildman–Crippen LogP) is 1.31. The van der Waals surface area contributed by atoms with Crippen LogP contribution in [0.25, 0.3) is 0 Å². The molecule has 0 aromatic heterocycles. The Morgan fingerprint density at radius 3 is 2.87 bits per heavy atom. The molecule has 0 unspecified atom stereocenters. The third kappa shape index (κ3) is 3.35. The Labute approximate surface area is 136 Å². The number of nitrogens with one attached hydrogen (secondary N) is 1. The lowest BCUT2D eigenvalue weighted by Crippen LogP contribution is -2.40. The molecule has 1 N–H and O–H groups in total. The van der Waals surface area contributed by atoms with E-state index in [4.69, 9.17) is 4.74 Å². The molecule has 7 heteroatoms. The van der Waals surface area contributed by atoms with Crippen LogP contribution in [0.3, 0.4) is 0 Å². The van der Waals surface area contributed by atoms with E-state index in [1.807, 2.05) is 6.92 Å². The highest BCUT2D eigenvalue weighted by atomic mass is 32.2. The van der Waals surface area contributed by atoms with E-state index < -0.39 is 10.0 Å². The average Bonchev–Trinajstić information content (AvgIpc) is 3.15. The zero-order valence-corrected chi connectivity index (χ0v) is 14.2. The first kappa shape index (κ1) is 16.3. The van der Waals surface area contributed by atoms with Crippen LogP contribution in [0.15, 0.2) is 18.2 Å². The first-order valence-corrected chi connectivity index (χ1v) is 9.74. The van der Waals surface area contributed by atoms with Crippen molar-refractivity contribution in [1.82, 2.24) is 5.32 Å². The number of carbonyl (C=O) groups is 1. The lowest BCUT2D eigenvalue weighted by Gasteiger charge is -2.20. The SMILES string of the molecule is C[C@H](NC(=O)c1ccc2c(c1)CCN2S(C)(=O)=O)[C@@H]1CCCO1. The van der Waals surface area contributed by atoms with Gasteiger partial charge in [0.2, 0.25) is 10.0 Å². The quantitative estimate of drug-likeness (QED) is 0.898. The number of anilines is 1. The minimum Gasteiger partial charge on any atom is -0.376 e. The predicted molar refractivity (Wildman–Crippen MR) is 88.2 cm³/mol. The molecule has 3 rings (SSSR count). The van der Waals surface area contributed by atoms with Gasteiger partial charge in [0, 0.05) is 18.7 Å². The Bertz CT molecular complexity index is 711. The van der Waals surface area contributed by atoms with Crippen molar-refractivity contribution in [3.63, 3.8) is 0 Å². The van der Waals surface area contributed by atoms with E-state index in [0.29, 0.717) is 24.2 Å². The molecule has 1 fully saturated rings. The van der Waals surface area contributed by atoms with Crippen LogP contribution in [0.4, 0.5) is 5.69 Å². The van der Waals surface area contributed by atoms with E-state index in [1.165, 1.54) is 10.6 Å². The van der Waals surface area contributed by atoms with E-state index in [9.17, 15) is 13.2 Å². The van der Waals surface area contributed by atoms with Gasteiger partial charge in [0.1, 0.15) is 0 Å². The zero-order chi connectivity index (χ0) is 16.6. The highest BCUT2D eigenvalue weighted by Gasteiger charge is 2.28. The van der Waals surface area contributed by atoms with Gasteiger partial charge in [-0.15, -0.1) is 0 Å². The van der Waals surface area contributed by atoms with Crippen LogP contribution in [-0.4, -0.2) is 45.9 Å². The molecule has 2 aliphatic rings. The van der Waals surface area contributed by atoms with Gasteiger partial charge < -0.3 is 10.1 Å². The van der Waals surface area contributed by atoms with Gasteiger partial charge in [0.05, 0.1) is 24.1 Å². The molecule has 126 valence electrons. The van der Waals surface area contributed by atoms with Crippen molar-refractivity contribution >= 4 is 21.6 Å². The van der Waals surface area contributed by atoms with Crippen molar-refractivity contribution in [2.24, 2.45) is 0 Å². The molecule has 2 heterocycles. The van der Waals surface area contributed by atoms with E-state index in [2.05, 4.69) is 5.32 Å². The monoisotopic (exact) mass is 338 g/mol. The van der Waals surface area contributed by atoms with Crippen LogP contribution in [0.5, 0.6) is 0 Å². The molecule has 1 aromatic carbocycles. The third-order valence-electron chi connectivity index (χ3n) is 4.48. The fraction of sp³-hybridized carbons (Fsp3) is 0.562. The fourth-order valence-electron chi connectivity index (χ4n) is 3.24. The van der Waals surface area contributed by atoms with Gasteiger partial charge in [-0.25, -0.2) is 8.42 Å². The Morgan fingerprint density at radius 1 is 1.43 bits per heavy atom. The van der Waals surface area contributed by atoms with Gasteiger partial charge in [0.25, 0.3) is 5.91 Å². The van der Waals surface area contributed by atoms with Gasteiger partial charge in [0.15, 0.2) is 0 Å². The zero-order valence-electron chi connectivity index (χ0n) is 13.4. The number of benzene rings is 1. The summed E-state index contributed by atoms with van der Waals surface area (Å²) in [6, 6.07) is 5.15. The van der Waals surface area contributed by atoms with Crippen molar-refractivity contribution in [1.29, 1.82) is 0 Å². The summed E-state index contributed by atoms with van der Waals surface area (Å²) in [4.78, 5) is 12.4. The van der Waals surface area contributed by atoms with Crippen LogP contribution < -0.4 is 9.62 Å². The molecule has 1 amide bonds. The molecular formula is C16H22N2O4S. The lowest BCUT2D eigenvalue weighted by molar-refractivity contribution is 0.0712. The number of rotatable bonds is 4. The summed E-state index contributed by atoms with van der Waals surface area (Å²) in [5.41, 5.74) is 2.13. The summed E-state index contributed by atoms with van der Waals surface area (Å²) >= 11 is 0. The van der Waals surface area contributed by atoms with E-state index in [1.54, 1.807) is 18.2 Å². The molecule has 2 atom stereocenters. The van der Waals surface area contributed by atoms with E-state index >= 15 is 0 Å². The smallest absolute Gasteiger partial charge is 0.251 e. The van der Waals surface area contributed by atoms with Gasteiger partial charge in [-0.1, -0.05) is 0 Å². The number of fused-ring (bicyclic) bond motifs is 1. The Balaban J connectivity index is 1.73. The third-order valence-corrected chi connectivity index (χ3v) is 5.66. The summed E-state index contributed by atoms with van der Waals surface area (Å²) < 4.78 is 30.5. The highest BCUT2D eigenvalue weighted by Crippen LogP contribution is 2.30. The van der Waals surface area contributed by atoms with Crippen molar-refractivity contribution in [2.45, 2.75) is 38.3 Å². The molecule has 0 aliphatic carbocycles. The largest absolute Gasteiger partial charge is 0.376 e. The minimum absolute atomic E-state index is 0.0363. The number of nitrogens with zero attached hydrogens (tertiary/aromatic N) is 1. The molecule has 6 nitrogen and oxygen atoms in total. The molecule has 23 heavy (non-hydrogen) atoms. The fourth-order valence-corrected chi connectivity index (χ4v) is 4.20. The number of hydrogen-bond acceptors (Lipinski definition) is 4. The van der Waals surface area contributed by atoms with Crippen LogP contribution in [0, 0.1) is 0 Å². The summed E-state index contributed by atoms with van der Waals surface area (Å²) in [6.07, 6.45) is 3.91. The standard InChI is InChI=1S/C16H22N2O4S/c1-11(15-4-3-9-22-15)17-16(19)13-5-6-14-12(10-13)7-8-18(14)23(2,20)21/h5-6,10-11,15H,3-4,7-9H2,1-2H3,(H,17,19)/t11-,15-/m0/s1. The topological polar surface area (TPSA) is 75.7 Å². The average molecular weight is 338 g/mol. The molecule has 2 aliphatic heterocycles. The number of carbonyl (C=O) groups excluding carboxylic acids is 1. The molecule has 1 aromatic rings. The van der Waals surface area contributed by atoms with Crippen LogP contribution in [0.2, 0.25) is 0 Å². The second-order valence-electron chi connectivity index (χ2n) is 6.24. The molecule has 1 saturated heterocycles. The number of hydrogen-bond donors (Lipinski definition) is 1. The van der Waals surface area contributed by atoms with Crippen LogP contribution >= 0.6 is 0 Å². The first-order chi connectivity index (χ1) is 10.9. The summed E-state index contributed by atoms with van der Waals surface area (Å²) in [6.45, 7) is 3.14. The van der Waals surface area contributed by atoms with Gasteiger partial charge in [-0.3, -0.25) is 9.10 Å². The molecule has 0 spiro atoms. The maximum Gasteiger partial charge on any atom is 0.251 e.